The van der Waals surface area contributed by atoms with Crippen molar-refractivity contribution in [3.63, 3.8) is 0 Å². The van der Waals surface area contributed by atoms with Gasteiger partial charge in [-0.3, -0.25) is 9.61 Å². The van der Waals surface area contributed by atoms with E-state index < -0.39 is 0 Å². The number of benzene rings is 2. The molecule has 2 aromatic rings. The van der Waals surface area contributed by atoms with Crippen LogP contribution in [0.1, 0.15) is 11.1 Å². The number of rotatable bonds is 6. The smallest absolute Gasteiger partial charge is 0.487 e. The van der Waals surface area contributed by atoms with Crippen molar-refractivity contribution in [2.75, 3.05) is 20.7 Å². The average molecular weight is 325 g/mol. The van der Waals surface area contributed by atoms with E-state index in [4.69, 9.17) is 14.1 Å². The van der Waals surface area contributed by atoms with E-state index in [0.29, 0.717) is 19.8 Å². The number of nitrogens with zero attached hydrogens (tertiary/aromatic N) is 1. The lowest BCUT2D eigenvalue weighted by Crippen LogP contribution is -2.42. The summed E-state index contributed by atoms with van der Waals surface area (Å²) in [6, 6.07) is 15.8. The Hall–Kier alpha value is -2.31. The van der Waals surface area contributed by atoms with Crippen LogP contribution in [0.4, 0.5) is 0 Å². The molecule has 3 rings (SSSR count). The number of hydrogen-bond acceptors (Lipinski definition) is 5. The molecule has 1 aliphatic heterocycles. The van der Waals surface area contributed by atoms with Gasteiger partial charge in [0.2, 0.25) is 0 Å². The van der Waals surface area contributed by atoms with Crippen molar-refractivity contribution >= 4 is 18.5 Å². The van der Waals surface area contributed by atoms with E-state index in [1.54, 1.807) is 7.11 Å². The average Bonchev–Trinajstić information content (AvgIpc) is 2.94. The summed E-state index contributed by atoms with van der Waals surface area (Å²) >= 11 is 0. The van der Waals surface area contributed by atoms with Crippen molar-refractivity contribution in [2.45, 2.75) is 13.2 Å². The van der Waals surface area contributed by atoms with Crippen molar-refractivity contribution in [1.29, 1.82) is 0 Å². The highest BCUT2D eigenvalue weighted by Gasteiger charge is 2.36. The Bertz CT molecular complexity index is 687. The molecule has 0 aliphatic carbocycles. The van der Waals surface area contributed by atoms with Crippen LogP contribution < -0.4 is 10.2 Å². The monoisotopic (exact) mass is 325 g/mol. The summed E-state index contributed by atoms with van der Waals surface area (Å²) in [6.07, 6.45) is 0. The summed E-state index contributed by atoms with van der Waals surface area (Å²) in [5.41, 5.74) is 3.16. The van der Waals surface area contributed by atoms with E-state index in [0.717, 1.165) is 22.3 Å². The second kappa shape index (κ2) is 7.51. The highest BCUT2D eigenvalue weighted by Crippen LogP contribution is 2.13. The summed E-state index contributed by atoms with van der Waals surface area (Å²) in [5.74, 6) is 0.654. The molecule has 24 heavy (non-hydrogen) atoms. The Morgan fingerprint density at radius 2 is 1.62 bits per heavy atom. The molecule has 0 amide bonds. The second-order valence-corrected chi connectivity index (χ2v) is 5.84. The Kier molecular flexibility index (Phi) is 5.18. The van der Waals surface area contributed by atoms with Crippen LogP contribution in [-0.2, 0) is 27.4 Å². The van der Waals surface area contributed by atoms with E-state index in [1.165, 1.54) is 0 Å². The molecule has 124 valence electrons. The molecule has 0 N–H and O–H groups in total. The first-order valence-corrected chi connectivity index (χ1v) is 7.85. The third kappa shape index (κ3) is 3.96. The molecule has 6 heteroatoms. The Labute approximate surface area is 142 Å². The van der Waals surface area contributed by atoms with Gasteiger partial charge in [0.05, 0.1) is 26.9 Å². The molecule has 0 saturated carbocycles. The van der Waals surface area contributed by atoms with Gasteiger partial charge in [-0.25, -0.2) is 0 Å². The molecule has 0 spiro atoms. The van der Waals surface area contributed by atoms with Crippen molar-refractivity contribution in [3.8, 4) is 5.75 Å². The number of methoxy groups -OCH3 is 1. The molecule has 1 saturated heterocycles. The quantitative estimate of drug-likeness (QED) is 0.755. The normalized spacial score (nSPS) is 14.8. The fraction of sp³-hybridized carbons (Fsp3) is 0.278. The maximum Gasteiger partial charge on any atom is 0.487 e. The van der Waals surface area contributed by atoms with Gasteiger partial charge >= 0.3 is 13.0 Å². The number of hydrogen-bond donors (Lipinski definition) is 0. The summed E-state index contributed by atoms with van der Waals surface area (Å²) < 4.78 is 16.2. The topological polar surface area (TPSA) is 48.0 Å². The number of carbonyl (C=O) groups is 1. The molecule has 0 radical (unpaired) electrons. The summed E-state index contributed by atoms with van der Waals surface area (Å²) in [6.45, 7) is 1.42. The minimum absolute atomic E-state index is 0.186. The van der Waals surface area contributed by atoms with E-state index in [2.05, 4.69) is 0 Å². The Morgan fingerprint density at radius 3 is 2.12 bits per heavy atom. The minimum Gasteiger partial charge on any atom is -0.515 e. The maximum absolute atomic E-state index is 11.3. The van der Waals surface area contributed by atoms with Crippen LogP contribution in [0.25, 0.3) is 0 Å². The third-order valence-electron chi connectivity index (χ3n) is 3.98. The molecule has 2 aromatic carbocycles. The molecule has 1 fully saturated rings. The second-order valence-electron chi connectivity index (χ2n) is 5.84. The van der Waals surface area contributed by atoms with Gasteiger partial charge in [-0.15, -0.1) is 0 Å². The van der Waals surface area contributed by atoms with Crippen LogP contribution in [0.5, 0.6) is 5.75 Å². The molecule has 0 bridgehead atoms. The van der Waals surface area contributed by atoms with Crippen molar-refractivity contribution in [1.82, 2.24) is 4.81 Å². The lowest BCUT2D eigenvalue weighted by Gasteiger charge is -2.12. The van der Waals surface area contributed by atoms with Crippen LogP contribution in [0, 0.1) is 0 Å². The van der Waals surface area contributed by atoms with Crippen LogP contribution in [0.3, 0.4) is 0 Å². The summed E-state index contributed by atoms with van der Waals surface area (Å²) in [5, 5.41) is 0. The lowest BCUT2D eigenvalue weighted by atomic mass is 9.72. The van der Waals surface area contributed by atoms with E-state index in [1.807, 2.05) is 60.4 Å². The molecule has 0 aromatic heterocycles. The van der Waals surface area contributed by atoms with Gasteiger partial charge in [0, 0.05) is 0 Å². The van der Waals surface area contributed by atoms with Crippen LogP contribution in [0.2, 0.25) is 0 Å². The lowest BCUT2D eigenvalue weighted by molar-refractivity contribution is -0.131. The zero-order chi connectivity index (χ0) is 16.9. The molecule has 0 atom stereocenters. The van der Waals surface area contributed by atoms with Crippen molar-refractivity contribution < 1.29 is 18.9 Å². The van der Waals surface area contributed by atoms with Crippen molar-refractivity contribution in [2.24, 2.45) is 0 Å². The highest BCUT2D eigenvalue weighted by molar-refractivity contribution is 6.67. The Balaban J connectivity index is 1.51. The summed E-state index contributed by atoms with van der Waals surface area (Å²) in [7, 11) is 3.24. The van der Waals surface area contributed by atoms with Crippen molar-refractivity contribution in [3.05, 3.63) is 59.7 Å². The standard InChI is InChI=1S/C18H20BNO4/c1-20-11-18(21)24-19(20)16-7-3-14(4-8-16)12-23-13-15-5-9-17(22-2)10-6-15/h3-10H,11-13H2,1-2H3. The van der Waals surface area contributed by atoms with E-state index in [-0.39, 0.29) is 13.0 Å². The number of ether oxygens (including phenoxy) is 2. The first kappa shape index (κ1) is 16.5. The highest BCUT2D eigenvalue weighted by atomic mass is 16.5. The first-order chi connectivity index (χ1) is 11.7. The van der Waals surface area contributed by atoms with Gasteiger partial charge in [-0.1, -0.05) is 36.4 Å². The Morgan fingerprint density at radius 1 is 1.04 bits per heavy atom. The van der Waals surface area contributed by atoms with E-state index in [9.17, 15) is 4.79 Å². The van der Waals surface area contributed by atoms with Gasteiger partial charge in [0.1, 0.15) is 5.75 Å². The van der Waals surface area contributed by atoms with Crippen LogP contribution >= 0.6 is 0 Å². The zero-order valence-electron chi connectivity index (χ0n) is 13.9. The predicted molar refractivity (Wildman–Crippen MR) is 92.0 cm³/mol. The zero-order valence-corrected chi connectivity index (χ0v) is 13.9. The summed E-state index contributed by atoms with van der Waals surface area (Å²) in [4.78, 5) is 13.2. The van der Waals surface area contributed by atoms with Gasteiger partial charge < -0.3 is 14.1 Å². The van der Waals surface area contributed by atoms with Gasteiger partial charge in [-0.05, 0) is 35.8 Å². The van der Waals surface area contributed by atoms with Crippen LogP contribution in [-0.4, -0.2) is 38.5 Å². The fourth-order valence-electron chi connectivity index (χ4n) is 2.65. The molecule has 0 unspecified atom stereocenters. The largest absolute Gasteiger partial charge is 0.515 e. The SMILES string of the molecule is COc1ccc(COCc2ccc(B3OC(=O)CN3C)cc2)cc1. The van der Waals surface area contributed by atoms with Gasteiger partial charge in [0.15, 0.2) is 0 Å². The van der Waals surface area contributed by atoms with Crippen LogP contribution in [0.15, 0.2) is 48.5 Å². The number of likely N-dealkylation sites (N-methyl/N-ethyl adjacent to an activating group) is 1. The maximum atomic E-state index is 11.3. The van der Waals surface area contributed by atoms with Gasteiger partial charge in [0.25, 0.3) is 0 Å². The minimum atomic E-state index is -0.285. The molecule has 5 nitrogen and oxygen atoms in total. The first-order valence-electron chi connectivity index (χ1n) is 7.85. The van der Waals surface area contributed by atoms with E-state index >= 15 is 0 Å². The predicted octanol–water partition coefficient (Wildman–Crippen LogP) is 1.60. The molecule has 1 aliphatic rings. The number of carbonyl (C=O) groups excluding carboxylic acids is 1. The molecule has 1 heterocycles. The third-order valence-corrected chi connectivity index (χ3v) is 3.98. The fourth-order valence-corrected chi connectivity index (χ4v) is 2.65. The molecular formula is C18H20BNO4. The molecular weight excluding hydrogens is 305 g/mol. The van der Waals surface area contributed by atoms with Gasteiger partial charge in [-0.2, -0.15) is 0 Å².